The van der Waals surface area contributed by atoms with Gasteiger partial charge in [-0.15, -0.1) is 0 Å². The average Bonchev–Trinajstić information content (AvgIpc) is 3.15. The van der Waals surface area contributed by atoms with Gasteiger partial charge in [0, 0.05) is 49.4 Å². The molecule has 0 radical (unpaired) electrons. The normalized spacial score (nSPS) is 12.2. The van der Waals surface area contributed by atoms with Crippen molar-refractivity contribution < 1.29 is 46.6 Å². The van der Waals surface area contributed by atoms with Crippen molar-refractivity contribution in [3.63, 3.8) is 0 Å². The molecule has 0 saturated heterocycles. The van der Waals surface area contributed by atoms with Gasteiger partial charge in [-0.1, -0.05) is 27.7 Å². The van der Waals surface area contributed by atoms with E-state index < -0.39 is 48.0 Å². The van der Waals surface area contributed by atoms with Gasteiger partial charge in [0.15, 0.2) is 11.2 Å². The Kier molecular flexibility index (Phi) is 18.9. The topological polar surface area (TPSA) is 207 Å². The maximum absolute atomic E-state index is 13.7. The first kappa shape index (κ1) is 46.4. The van der Waals surface area contributed by atoms with E-state index in [0.717, 1.165) is 25.6 Å². The fourth-order valence-corrected chi connectivity index (χ4v) is 5.09. The third kappa shape index (κ3) is 16.6. The summed E-state index contributed by atoms with van der Waals surface area (Å²) >= 11 is 0. The molecule has 0 aliphatic heterocycles. The number of aromatic nitrogens is 4. The molecule has 3 aromatic rings. The highest BCUT2D eigenvalue weighted by molar-refractivity contribution is 5.99. The highest BCUT2D eigenvalue weighted by Gasteiger charge is 2.43. The Hall–Kier alpha value is -5.01. The van der Waals surface area contributed by atoms with E-state index in [1.54, 1.807) is 20.8 Å². The average molecular weight is 807 g/mol. The first-order valence-electron chi connectivity index (χ1n) is 18.9. The smallest absolute Gasteiger partial charge is 0.379 e. The fourth-order valence-electron chi connectivity index (χ4n) is 5.09. The number of anilines is 2. The van der Waals surface area contributed by atoms with Crippen LogP contribution in [0.1, 0.15) is 82.8 Å². The number of ether oxygens (including phenoxy) is 3. The van der Waals surface area contributed by atoms with Gasteiger partial charge in [0.25, 0.3) is 11.5 Å². The zero-order chi connectivity index (χ0) is 42.0. The van der Waals surface area contributed by atoms with Gasteiger partial charge in [-0.3, -0.25) is 39.2 Å². The molecule has 1 atom stereocenters. The van der Waals surface area contributed by atoms with Gasteiger partial charge in [0.05, 0.1) is 44.9 Å². The molecule has 2 heterocycles. The first-order chi connectivity index (χ1) is 27.0. The Labute approximate surface area is 329 Å². The number of carbonyl (C=O) groups excluding carboxylic acids is 4. The molecule has 314 valence electrons. The van der Waals surface area contributed by atoms with E-state index in [2.05, 4.69) is 49.7 Å². The summed E-state index contributed by atoms with van der Waals surface area (Å²) in [7, 11) is 0. The van der Waals surface area contributed by atoms with Crippen LogP contribution in [0, 0.1) is 11.8 Å². The van der Waals surface area contributed by atoms with Crippen molar-refractivity contribution in [1.29, 1.82) is 0 Å². The molecule has 19 heteroatoms. The number of amides is 4. The molecule has 0 bridgehead atoms. The van der Waals surface area contributed by atoms with E-state index in [-0.39, 0.29) is 46.4 Å². The van der Waals surface area contributed by atoms with E-state index >= 15 is 0 Å². The lowest BCUT2D eigenvalue weighted by atomic mass is 10.1. The molecule has 3 rings (SSSR count). The van der Waals surface area contributed by atoms with Crippen LogP contribution < -0.4 is 26.4 Å². The lowest BCUT2D eigenvalue weighted by Gasteiger charge is -2.24. The van der Waals surface area contributed by atoms with Crippen molar-refractivity contribution in [3.8, 4) is 0 Å². The summed E-state index contributed by atoms with van der Waals surface area (Å²) < 4.78 is 57.5. The Morgan fingerprint density at radius 2 is 1.49 bits per heavy atom. The molecular formula is C38H53F3N8O8. The van der Waals surface area contributed by atoms with Crippen LogP contribution in [0.4, 0.5) is 24.8 Å². The lowest BCUT2D eigenvalue weighted by Crippen LogP contribution is -2.41. The molecule has 4 N–H and O–H groups in total. The number of H-pyrrole nitrogens is 1. The highest BCUT2D eigenvalue weighted by atomic mass is 19.4. The van der Waals surface area contributed by atoms with Crippen LogP contribution >= 0.6 is 0 Å². The molecular weight excluding hydrogens is 753 g/mol. The van der Waals surface area contributed by atoms with Crippen LogP contribution in [0.5, 0.6) is 0 Å². The molecule has 57 heavy (non-hydrogen) atoms. The summed E-state index contributed by atoms with van der Waals surface area (Å²) in [4.78, 5) is 77.2. The summed E-state index contributed by atoms with van der Waals surface area (Å²) in [5.74, 6) is -3.27. The number of hydrogen-bond donors (Lipinski definition) is 4. The van der Waals surface area contributed by atoms with Crippen LogP contribution in [0.25, 0.3) is 11.2 Å². The van der Waals surface area contributed by atoms with Gasteiger partial charge in [-0.25, -0.2) is 9.97 Å². The summed E-state index contributed by atoms with van der Waals surface area (Å²) in [5, 5.41) is 7.98. The largest absolute Gasteiger partial charge is 0.471 e. The van der Waals surface area contributed by atoms with Gasteiger partial charge < -0.3 is 24.8 Å². The first-order valence-corrected chi connectivity index (χ1v) is 18.9. The zero-order valence-electron chi connectivity index (χ0n) is 33.0. The van der Waals surface area contributed by atoms with E-state index in [4.69, 9.17) is 14.2 Å². The molecule has 0 unspecified atom stereocenters. The fraction of sp³-hybridized carbons (Fsp3) is 0.579. The number of benzene rings is 1. The summed E-state index contributed by atoms with van der Waals surface area (Å²) in [6.07, 6.45) is -0.922. The van der Waals surface area contributed by atoms with Gasteiger partial charge >= 0.3 is 12.1 Å². The Morgan fingerprint density at radius 3 is 2.11 bits per heavy atom. The van der Waals surface area contributed by atoms with Crippen LogP contribution in [0.15, 0.2) is 35.3 Å². The molecule has 0 spiro atoms. The molecule has 0 saturated carbocycles. The second kappa shape index (κ2) is 23.3. The van der Waals surface area contributed by atoms with E-state index in [9.17, 15) is 37.1 Å². The standard InChI is InChI=1S/C38H53F3N8O8/c1-24(2)8-6-16-55-18-20-57-21-19-56-17-7-15-42-30(50)14-9-26(5)44-34(52)27-10-12-29(13-11-27)49(36(54)38(39,40)41)23-28-22-43-32-31(45-28)35(53)48-37(46-32)47-33(51)25(3)4/h10-13,22,24-26H,6-9,14-21,23H2,1-5H3,(H,42,50)(H,44,52)(H2,43,46,47,48,51,53)/t26-/m1/s1. The molecule has 1 aromatic carbocycles. The number of carbonyl (C=O) groups is 4. The summed E-state index contributed by atoms with van der Waals surface area (Å²) in [6.45, 7) is 12.2. The van der Waals surface area contributed by atoms with Crippen molar-refractivity contribution in [3.05, 3.63) is 52.1 Å². The van der Waals surface area contributed by atoms with Crippen LogP contribution in [0.3, 0.4) is 0 Å². The third-order valence-electron chi connectivity index (χ3n) is 8.27. The monoisotopic (exact) mass is 806 g/mol. The van der Waals surface area contributed by atoms with Crippen molar-refractivity contribution in [2.45, 2.75) is 85.5 Å². The van der Waals surface area contributed by atoms with E-state index in [1.165, 1.54) is 24.3 Å². The predicted octanol–water partition coefficient (Wildman–Crippen LogP) is 4.29. The van der Waals surface area contributed by atoms with Crippen molar-refractivity contribution in [1.82, 2.24) is 30.6 Å². The van der Waals surface area contributed by atoms with Gasteiger partial charge in [0.1, 0.15) is 0 Å². The number of fused-ring (bicyclic) bond motifs is 1. The minimum absolute atomic E-state index is 0.105. The van der Waals surface area contributed by atoms with Crippen LogP contribution in [0.2, 0.25) is 0 Å². The van der Waals surface area contributed by atoms with Crippen LogP contribution in [-0.4, -0.2) is 102 Å². The lowest BCUT2D eigenvalue weighted by molar-refractivity contribution is -0.170. The number of aromatic amines is 1. The molecule has 16 nitrogen and oxygen atoms in total. The SMILES string of the molecule is CC(C)CCCOCCOCCOCCCNC(=O)CC[C@@H](C)NC(=O)c1ccc(N(Cc2cnc3nc(NC(=O)C(C)C)[nH]c(=O)c3n2)C(=O)C(F)(F)F)cc1. The number of alkyl halides is 3. The number of nitrogens with zero attached hydrogens (tertiary/aromatic N) is 4. The molecule has 0 aliphatic carbocycles. The Morgan fingerprint density at radius 1 is 0.860 bits per heavy atom. The summed E-state index contributed by atoms with van der Waals surface area (Å²) in [5.41, 5.74) is -1.57. The van der Waals surface area contributed by atoms with E-state index in [0.29, 0.717) is 63.2 Å². The number of rotatable bonds is 24. The zero-order valence-corrected chi connectivity index (χ0v) is 33.0. The van der Waals surface area contributed by atoms with Gasteiger partial charge in [0.2, 0.25) is 17.8 Å². The van der Waals surface area contributed by atoms with Crippen molar-refractivity contribution in [2.75, 3.05) is 56.4 Å². The highest BCUT2D eigenvalue weighted by Crippen LogP contribution is 2.26. The molecule has 0 aliphatic rings. The second-order valence-corrected chi connectivity index (χ2v) is 14.0. The van der Waals surface area contributed by atoms with Crippen LogP contribution in [-0.2, 0) is 35.1 Å². The van der Waals surface area contributed by atoms with Gasteiger partial charge in [-0.05, 0) is 62.8 Å². The maximum Gasteiger partial charge on any atom is 0.471 e. The Balaban J connectivity index is 1.44. The van der Waals surface area contributed by atoms with Gasteiger partial charge in [-0.2, -0.15) is 18.2 Å². The minimum Gasteiger partial charge on any atom is -0.379 e. The van der Waals surface area contributed by atoms with Crippen molar-refractivity contribution in [2.24, 2.45) is 11.8 Å². The minimum atomic E-state index is -5.27. The maximum atomic E-state index is 13.7. The number of nitrogens with one attached hydrogen (secondary N) is 4. The van der Waals surface area contributed by atoms with E-state index in [1.807, 2.05) is 0 Å². The number of hydrogen-bond acceptors (Lipinski definition) is 11. The molecule has 4 amide bonds. The number of halogens is 3. The summed E-state index contributed by atoms with van der Waals surface area (Å²) in [6, 6.07) is 4.45. The predicted molar refractivity (Wildman–Crippen MR) is 205 cm³/mol. The molecule has 2 aromatic heterocycles. The third-order valence-corrected chi connectivity index (χ3v) is 8.27. The second-order valence-electron chi connectivity index (χ2n) is 14.0. The molecule has 0 fully saturated rings. The quantitative estimate of drug-likeness (QED) is 0.0940. The van der Waals surface area contributed by atoms with Crippen molar-refractivity contribution >= 4 is 46.4 Å². The Bertz CT molecular complexity index is 1820.